The monoisotopic (exact) mass is 264 g/mol. The third-order valence-corrected chi connectivity index (χ3v) is 4.01. The Bertz CT molecular complexity index is 479. The number of hydrogen-bond donors (Lipinski definition) is 1. The van der Waals surface area contributed by atoms with E-state index >= 15 is 0 Å². The van der Waals surface area contributed by atoms with Gasteiger partial charge in [0.15, 0.2) is 5.79 Å². The highest BCUT2D eigenvalue weighted by Crippen LogP contribution is 2.31. The molecule has 0 saturated carbocycles. The van der Waals surface area contributed by atoms with Crippen LogP contribution in [0.15, 0.2) is 6.07 Å². The average Bonchev–Trinajstić information content (AvgIpc) is 2.97. The molecule has 3 rings (SSSR count). The first-order chi connectivity index (χ1) is 9.10. The fourth-order valence-electron chi connectivity index (χ4n) is 2.95. The molecule has 5 heteroatoms. The van der Waals surface area contributed by atoms with Gasteiger partial charge >= 0.3 is 0 Å². The minimum atomic E-state index is -0.417. The van der Waals surface area contributed by atoms with Crippen molar-refractivity contribution in [1.29, 1.82) is 0 Å². The lowest BCUT2D eigenvalue weighted by Crippen LogP contribution is -2.47. The molecule has 3 heterocycles. The van der Waals surface area contributed by atoms with Gasteiger partial charge in [-0.2, -0.15) is 0 Å². The highest BCUT2D eigenvalue weighted by atomic mass is 16.7. The van der Waals surface area contributed by atoms with Crippen LogP contribution in [0.2, 0.25) is 0 Å². The predicted octanol–water partition coefficient (Wildman–Crippen LogP) is 1.61. The van der Waals surface area contributed by atoms with Gasteiger partial charge in [-0.15, -0.1) is 0 Å². The zero-order valence-corrected chi connectivity index (χ0v) is 11.5. The minimum Gasteiger partial charge on any atom is -0.362 e. The van der Waals surface area contributed by atoms with Crippen molar-refractivity contribution in [3.63, 3.8) is 0 Å². The summed E-state index contributed by atoms with van der Waals surface area (Å²) in [7, 11) is 0. The number of ether oxygens (including phenoxy) is 2. The zero-order valence-electron chi connectivity index (χ0n) is 11.5. The van der Waals surface area contributed by atoms with Crippen molar-refractivity contribution in [1.82, 2.24) is 9.88 Å². The van der Waals surface area contributed by atoms with E-state index in [0.717, 1.165) is 29.8 Å². The molecule has 19 heavy (non-hydrogen) atoms. The van der Waals surface area contributed by atoms with E-state index in [0.29, 0.717) is 26.3 Å². The molecule has 0 bridgehead atoms. The molecule has 2 fully saturated rings. The molecular formula is C14H20N2O3. The van der Waals surface area contributed by atoms with Gasteiger partial charge < -0.3 is 19.4 Å². The Morgan fingerprint density at radius 2 is 1.89 bits per heavy atom. The Balaban J connectivity index is 1.68. The Morgan fingerprint density at radius 3 is 2.42 bits per heavy atom. The molecule has 5 nitrogen and oxygen atoms in total. The van der Waals surface area contributed by atoms with Crippen molar-refractivity contribution in [2.24, 2.45) is 0 Å². The van der Waals surface area contributed by atoms with Gasteiger partial charge in [0, 0.05) is 37.3 Å². The number of aromatic nitrogens is 1. The molecule has 1 aromatic heterocycles. The van der Waals surface area contributed by atoms with E-state index in [4.69, 9.17) is 9.47 Å². The summed E-state index contributed by atoms with van der Waals surface area (Å²) < 4.78 is 11.4. The van der Waals surface area contributed by atoms with E-state index < -0.39 is 5.79 Å². The summed E-state index contributed by atoms with van der Waals surface area (Å²) >= 11 is 0. The molecule has 1 aromatic rings. The summed E-state index contributed by atoms with van der Waals surface area (Å²) in [6, 6.07) is 1.92. The van der Waals surface area contributed by atoms with E-state index in [-0.39, 0.29) is 5.91 Å². The highest BCUT2D eigenvalue weighted by Gasteiger charge is 2.41. The van der Waals surface area contributed by atoms with E-state index in [2.05, 4.69) is 4.98 Å². The van der Waals surface area contributed by atoms with Crippen LogP contribution >= 0.6 is 0 Å². The molecule has 0 radical (unpaired) electrons. The normalized spacial score (nSPS) is 22.1. The van der Waals surface area contributed by atoms with Gasteiger partial charge in [0.05, 0.1) is 18.8 Å². The second-order valence-corrected chi connectivity index (χ2v) is 5.39. The lowest BCUT2D eigenvalue weighted by Gasteiger charge is -2.37. The van der Waals surface area contributed by atoms with Gasteiger partial charge in [0.25, 0.3) is 5.91 Å². The molecular weight excluding hydrogens is 244 g/mol. The number of piperidine rings is 1. The third-order valence-electron chi connectivity index (χ3n) is 4.01. The first-order valence-corrected chi connectivity index (χ1v) is 6.83. The lowest BCUT2D eigenvalue weighted by atomic mass is 10.0. The number of hydrogen-bond acceptors (Lipinski definition) is 3. The first kappa shape index (κ1) is 12.7. The van der Waals surface area contributed by atoms with Crippen LogP contribution in [0.4, 0.5) is 0 Å². The number of aromatic amines is 1. The molecule has 2 aliphatic rings. The standard InChI is InChI=1S/C14H20N2O3/c1-10-9-12(11(2)15-10)13(17)16-5-3-14(4-6-16)18-7-8-19-14/h9,15H,3-8H2,1-2H3. The van der Waals surface area contributed by atoms with Crippen LogP contribution in [0.3, 0.4) is 0 Å². The number of H-pyrrole nitrogens is 1. The summed E-state index contributed by atoms with van der Waals surface area (Å²) in [4.78, 5) is 17.5. The maximum atomic E-state index is 12.5. The Hall–Kier alpha value is -1.33. The highest BCUT2D eigenvalue weighted by molar-refractivity contribution is 5.95. The number of nitrogens with one attached hydrogen (secondary N) is 1. The van der Waals surface area contributed by atoms with Crippen molar-refractivity contribution < 1.29 is 14.3 Å². The van der Waals surface area contributed by atoms with Crippen LogP contribution in [-0.4, -0.2) is 47.9 Å². The number of amides is 1. The molecule has 0 aliphatic carbocycles. The van der Waals surface area contributed by atoms with E-state index in [9.17, 15) is 4.79 Å². The summed E-state index contributed by atoms with van der Waals surface area (Å²) in [6.07, 6.45) is 1.53. The van der Waals surface area contributed by atoms with Crippen LogP contribution in [0, 0.1) is 13.8 Å². The number of carbonyl (C=O) groups is 1. The van der Waals surface area contributed by atoms with Crippen LogP contribution in [0.5, 0.6) is 0 Å². The minimum absolute atomic E-state index is 0.106. The maximum Gasteiger partial charge on any atom is 0.255 e. The molecule has 1 amide bonds. The summed E-state index contributed by atoms with van der Waals surface area (Å²) in [6.45, 7) is 6.64. The van der Waals surface area contributed by atoms with Gasteiger partial charge in [-0.05, 0) is 19.9 Å². The predicted molar refractivity (Wildman–Crippen MR) is 70.0 cm³/mol. The third kappa shape index (κ3) is 2.28. The number of likely N-dealkylation sites (tertiary alicyclic amines) is 1. The fourth-order valence-corrected chi connectivity index (χ4v) is 2.95. The molecule has 0 atom stereocenters. The van der Waals surface area contributed by atoms with Crippen molar-refractivity contribution in [3.05, 3.63) is 23.0 Å². The summed E-state index contributed by atoms with van der Waals surface area (Å²) in [5.74, 6) is -0.311. The van der Waals surface area contributed by atoms with Crippen molar-refractivity contribution >= 4 is 5.91 Å². The molecule has 2 aliphatic heterocycles. The van der Waals surface area contributed by atoms with Crippen LogP contribution in [-0.2, 0) is 9.47 Å². The Kier molecular flexibility index (Phi) is 3.11. The maximum absolute atomic E-state index is 12.5. The lowest BCUT2D eigenvalue weighted by molar-refractivity contribution is -0.181. The average molecular weight is 264 g/mol. The van der Waals surface area contributed by atoms with Crippen molar-refractivity contribution in [2.75, 3.05) is 26.3 Å². The van der Waals surface area contributed by atoms with Gasteiger partial charge in [-0.1, -0.05) is 0 Å². The van der Waals surface area contributed by atoms with Gasteiger partial charge in [0.1, 0.15) is 0 Å². The first-order valence-electron chi connectivity index (χ1n) is 6.83. The molecule has 0 aromatic carbocycles. The topological polar surface area (TPSA) is 54.6 Å². The van der Waals surface area contributed by atoms with E-state index in [1.807, 2.05) is 24.8 Å². The second kappa shape index (κ2) is 4.65. The summed E-state index contributed by atoms with van der Waals surface area (Å²) in [5, 5.41) is 0. The van der Waals surface area contributed by atoms with Gasteiger partial charge in [0.2, 0.25) is 0 Å². The Labute approximate surface area is 112 Å². The van der Waals surface area contributed by atoms with Gasteiger partial charge in [-0.25, -0.2) is 0 Å². The largest absolute Gasteiger partial charge is 0.362 e. The quantitative estimate of drug-likeness (QED) is 0.838. The molecule has 104 valence electrons. The van der Waals surface area contributed by atoms with Gasteiger partial charge in [-0.3, -0.25) is 4.79 Å². The van der Waals surface area contributed by atoms with Crippen LogP contribution < -0.4 is 0 Å². The second-order valence-electron chi connectivity index (χ2n) is 5.39. The fraction of sp³-hybridized carbons (Fsp3) is 0.643. The van der Waals surface area contributed by atoms with Crippen molar-refractivity contribution in [3.8, 4) is 0 Å². The zero-order chi connectivity index (χ0) is 13.5. The van der Waals surface area contributed by atoms with Crippen LogP contribution in [0.1, 0.15) is 34.6 Å². The number of nitrogens with zero attached hydrogens (tertiary/aromatic N) is 1. The van der Waals surface area contributed by atoms with E-state index in [1.54, 1.807) is 0 Å². The van der Waals surface area contributed by atoms with Crippen LogP contribution in [0.25, 0.3) is 0 Å². The SMILES string of the molecule is Cc1cc(C(=O)N2CCC3(CC2)OCCO3)c(C)[nH]1. The molecule has 1 spiro atoms. The number of carbonyl (C=O) groups excluding carboxylic acids is 1. The summed E-state index contributed by atoms with van der Waals surface area (Å²) in [5.41, 5.74) is 2.75. The molecule has 2 saturated heterocycles. The smallest absolute Gasteiger partial charge is 0.255 e. The van der Waals surface area contributed by atoms with E-state index in [1.165, 1.54) is 0 Å². The Morgan fingerprint density at radius 1 is 1.26 bits per heavy atom. The number of rotatable bonds is 1. The van der Waals surface area contributed by atoms with Crippen molar-refractivity contribution in [2.45, 2.75) is 32.5 Å². The molecule has 0 unspecified atom stereocenters. The number of aryl methyl sites for hydroxylation is 2. The molecule has 1 N–H and O–H groups in total.